The molecule has 1 aliphatic carbocycles. The number of carbonyl (C=O) groups is 1. The van der Waals surface area contributed by atoms with Crippen molar-refractivity contribution in [3.63, 3.8) is 0 Å². The number of hydrogen-bond donors (Lipinski definition) is 0. The molecule has 0 N–H and O–H groups in total. The molecule has 1 rings (SSSR count). The molecule has 2 nitrogen and oxygen atoms in total. The van der Waals surface area contributed by atoms with Gasteiger partial charge in [-0.1, -0.05) is 30.2 Å². The molecule has 1 unspecified atom stereocenters. The molecule has 1 atom stereocenters. The topological polar surface area (TPSA) is 26.3 Å². The summed E-state index contributed by atoms with van der Waals surface area (Å²) in [5.74, 6) is 0.355. The third kappa shape index (κ3) is 2.32. The predicted octanol–water partition coefficient (Wildman–Crippen LogP) is 2.50. The van der Waals surface area contributed by atoms with Gasteiger partial charge in [-0.15, -0.1) is 0 Å². The van der Waals surface area contributed by atoms with Crippen LogP contribution in [0, 0.1) is 5.92 Å². The Labute approximate surface area is 85.6 Å². The number of ketones is 1. The summed E-state index contributed by atoms with van der Waals surface area (Å²) in [5.41, 5.74) is 2.37. The van der Waals surface area contributed by atoms with E-state index in [0.29, 0.717) is 18.8 Å². The first-order valence-electron chi connectivity index (χ1n) is 5.09. The van der Waals surface area contributed by atoms with Gasteiger partial charge in [-0.05, 0) is 13.3 Å². The van der Waals surface area contributed by atoms with Gasteiger partial charge in [-0.25, -0.2) is 0 Å². The van der Waals surface area contributed by atoms with Crippen LogP contribution < -0.4 is 0 Å². The fourth-order valence-corrected chi connectivity index (χ4v) is 1.84. The van der Waals surface area contributed by atoms with Crippen molar-refractivity contribution in [1.82, 2.24) is 0 Å². The van der Waals surface area contributed by atoms with Gasteiger partial charge in [0, 0.05) is 20.1 Å². The Balaban J connectivity index is 2.65. The van der Waals surface area contributed by atoms with Gasteiger partial charge in [-0.2, -0.15) is 0 Å². The van der Waals surface area contributed by atoms with E-state index in [1.165, 1.54) is 11.1 Å². The molecule has 0 radical (unpaired) electrons. The zero-order valence-electron chi connectivity index (χ0n) is 9.17. The Morgan fingerprint density at radius 3 is 2.79 bits per heavy atom. The summed E-state index contributed by atoms with van der Waals surface area (Å²) >= 11 is 0. The van der Waals surface area contributed by atoms with Crippen LogP contribution in [0.1, 0.15) is 26.7 Å². The van der Waals surface area contributed by atoms with Crippen LogP contribution in [0.3, 0.4) is 0 Å². The van der Waals surface area contributed by atoms with E-state index in [9.17, 15) is 4.79 Å². The number of allylic oxidation sites excluding steroid dienone is 3. The van der Waals surface area contributed by atoms with E-state index in [4.69, 9.17) is 4.74 Å². The van der Waals surface area contributed by atoms with Crippen molar-refractivity contribution in [3.8, 4) is 0 Å². The standard InChI is InChI=1S/C12H18O2/c1-4-11(13)12-9(2)5-6-10(12)7-8-14-3/h5-6,12H,4,7-8H2,1-3H3. The number of ether oxygens (including phenoxy) is 1. The highest BCUT2D eigenvalue weighted by Crippen LogP contribution is 2.30. The van der Waals surface area contributed by atoms with Crippen molar-refractivity contribution >= 4 is 5.78 Å². The highest BCUT2D eigenvalue weighted by molar-refractivity contribution is 5.87. The van der Waals surface area contributed by atoms with Crippen molar-refractivity contribution in [2.75, 3.05) is 13.7 Å². The largest absolute Gasteiger partial charge is 0.384 e. The summed E-state index contributed by atoms with van der Waals surface area (Å²) in [6, 6.07) is 0. The molecule has 0 aliphatic heterocycles. The summed E-state index contributed by atoms with van der Waals surface area (Å²) in [6.07, 6.45) is 5.58. The van der Waals surface area contributed by atoms with E-state index in [1.54, 1.807) is 7.11 Å². The lowest BCUT2D eigenvalue weighted by Crippen LogP contribution is -2.16. The first kappa shape index (κ1) is 11.2. The summed E-state index contributed by atoms with van der Waals surface area (Å²) in [6.45, 7) is 4.64. The van der Waals surface area contributed by atoms with Gasteiger partial charge in [0.2, 0.25) is 0 Å². The maximum absolute atomic E-state index is 11.7. The summed E-state index contributed by atoms with van der Waals surface area (Å²) in [5, 5.41) is 0. The Hall–Kier alpha value is -0.890. The van der Waals surface area contributed by atoms with Gasteiger partial charge in [0.05, 0.1) is 5.92 Å². The van der Waals surface area contributed by atoms with E-state index >= 15 is 0 Å². The molecule has 1 aliphatic rings. The smallest absolute Gasteiger partial charge is 0.143 e. The molecular weight excluding hydrogens is 176 g/mol. The summed E-state index contributed by atoms with van der Waals surface area (Å²) in [7, 11) is 1.69. The average Bonchev–Trinajstić information content (AvgIpc) is 2.55. The molecule has 0 bridgehead atoms. The van der Waals surface area contributed by atoms with Gasteiger partial charge < -0.3 is 4.74 Å². The zero-order chi connectivity index (χ0) is 10.6. The minimum absolute atomic E-state index is 0.0372. The van der Waals surface area contributed by atoms with Crippen LogP contribution in [0.5, 0.6) is 0 Å². The molecule has 78 valence electrons. The van der Waals surface area contributed by atoms with Crippen LogP contribution in [0.4, 0.5) is 0 Å². The molecule has 0 saturated heterocycles. The van der Waals surface area contributed by atoms with Crippen molar-refractivity contribution in [2.45, 2.75) is 26.7 Å². The van der Waals surface area contributed by atoms with Crippen molar-refractivity contribution in [3.05, 3.63) is 23.3 Å². The fraction of sp³-hybridized carbons (Fsp3) is 0.583. The molecular formula is C12H18O2. The van der Waals surface area contributed by atoms with Crippen LogP contribution in [0.25, 0.3) is 0 Å². The van der Waals surface area contributed by atoms with Crippen molar-refractivity contribution < 1.29 is 9.53 Å². The van der Waals surface area contributed by atoms with Crippen molar-refractivity contribution in [1.29, 1.82) is 0 Å². The van der Waals surface area contributed by atoms with Gasteiger partial charge in [0.25, 0.3) is 0 Å². The van der Waals surface area contributed by atoms with Gasteiger partial charge >= 0.3 is 0 Å². The molecule has 0 aromatic heterocycles. The molecule has 0 saturated carbocycles. The van der Waals surface area contributed by atoms with Gasteiger partial charge in [0.15, 0.2) is 0 Å². The van der Waals surface area contributed by atoms with E-state index in [0.717, 1.165) is 6.42 Å². The predicted molar refractivity (Wildman–Crippen MR) is 57.1 cm³/mol. The molecule has 0 amide bonds. The number of Topliss-reactive ketones (excluding diaryl/α,β-unsaturated/α-hetero) is 1. The van der Waals surface area contributed by atoms with Gasteiger partial charge in [-0.3, -0.25) is 4.79 Å². The summed E-state index contributed by atoms with van der Waals surface area (Å²) in [4.78, 5) is 11.7. The average molecular weight is 194 g/mol. The highest BCUT2D eigenvalue weighted by Gasteiger charge is 2.25. The maximum atomic E-state index is 11.7. The lowest BCUT2D eigenvalue weighted by molar-refractivity contribution is -0.120. The minimum Gasteiger partial charge on any atom is -0.384 e. The van der Waals surface area contributed by atoms with E-state index < -0.39 is 0 Å². The van der Waals surface area contributed by atoms with E-state index in [2.05, 4.69) is 6.08 Å². The molecule has 2 heteroatoms. The molecule has 14 heavy (non-hydrogen) atoms. The number of methoxy groups -OCH3 is 1. The first-order valence-corrected chi connectivity index (χ1v) is 5.09. The Morgan fingerprint density at radius 1 is 1.50 bits per heavy atom. The lowest BCUT2D eigenvalue weighted by atomic mass is 9.89. The van der Waals surface area contributed by atoms with E-state index in [-0.39, 0.29) is 5.92 Å². The van der Waals surface area contributed by atoms with Crippen LogP contribution in [-0.2, 0) is 9.53 Å². The third-order valence-corrected chi connectivity index (χ3v) is 2.65. The van der Waals surface area contributed by atoms with E-state index in [1.807, 2.05) is 19.9 Å². The minimum atomic E-state index is 0.0372. The lowest BCUT2D eigenvalue weighted by Gasteiger charge is -2.14. The van der Waals surface area contributed by atoms with Crippen LogP contribution >= 0.6 is 0 Å². The normalized spacial score (nSPS) is 20.6. The maximum Gasteiger partial charge on any atom is 0.143 e. The molecule has 0 aromatic carbocycles. The van der Waals surface area contributed by atoms with Crippen LogP contribution in [-0.4, -0.2) is 19.5 Å². The second-order valence-corrected chi connectivity index (χ2v) is 3.65. The summed E-state index contributed by atoms with van der Waals surface area (Å²) < 4.78 is 5.03. The zero-order valence-corrected chi connectivity index (χ0v) is 9.17. The van der Waals surface area contributed by atoms with Gasteiger partial charge in [0.1, 0.15) is 5.78 Å². The molecule has 0 spiro atoms. The SMILES string of the molecule is CCC(=O)C1C(C)=CC=C1CCOC. The molecule has 0 heterocycles. The van der Waals surface area contributed by atoms with Crippen LogP contribution in [0.15, 0.2) is 23.3 Å². The number of carbonyl (C=O) groups excluding carboxylic acids is 1. The Morgan fingerprint density at radius 2 is 2.21 bits per heavy atom. The fourth-order valence-electron chi connectivity index (χ4n) is 1.84. The quantitative estimate of drug-likeness (QED) is 0.672. The molecule has 0 aromatic rings. The second kappa shape index (κ2) is 5.11. The monoisotopic (exact) mass is 194 g/mol. The molecule has 0 fully saturated rings. The first-order chi connectivity index (χ1) is 6.70. The number of hydrogen-bond acceptors (Lipinski definition) is 2. The van der Waals surface area contributed by atoms with Crippen molar-refractivity contribution in [2.24, 2.45) is 5.92 Å². The highest BCUT2D eigenvalue weighted by atomic mass is 16.5. The third-order valence-electron chi connectivity index (χ3n) is 2.65. The van der Waals surface area contributed by atoms with Crippen LogP contribution in [0.2, 0.25) is 0 Å². The number of rotatable bonds is 5. The second-order valence-electron chi connectivity index (χ2n) is 3.65. The Kier molecular flexibility index (Phi) is 4.08. The Bertz CT molecular complexity index is 274.